The van der Waals surface area contributed by atoms with Crippen LogP contribution in [0.25, 0.3) is 0 Å². The summed E-state index contributed by atoms with van der Waals surface area (Å²) >= 11 is 1.28. The molecule has 26 heavy (non-hydrogen) atoms. The van der Waals surface area contributed by atoms with Gasteiger partial charge in [0.15, 0.2) is 5.16 Å². The molecule has 0 saturated heterocycles. The number of carbonyl (C=O) groups excluding carboxylic acids is 1. The highest BCUT2D eigenvalue weighted by molar-refractivity contribution is 7.99. The fourth-order valence-electron chi connectivity index (χ4n) is 3.35. The van der Waals surface area contributed by atoms with E-state index in [2.05, 4.69) is 33.7 Å². The van der Waals surface area contributed by atoms with Crippen molar-refractivity contribution >= 4 is 17.7 Å². The molecule has 2 N–H and O–H groups in total. The second kappa shape index (κ2) is 8.58. The lowest BCUT2D eigenvalue weighted by atomic mass is 9.89. The number of aromatic amines is 1. The van der Waals surface area contributed by atoms with Crippen molar-refractivity contribution in [3.05, 3.63) is 45.4 Å². The molecule has 140 valence electrons. The van der Waals surface area contributed by atoms with Crippen LogP contribution in [0.5, 0.6) is 0 Å². The van der Waals surface area contributed by atoms with Gasteiger partial charge in [-0.2, -0.15) is 0 Å². The smallest absolute Gasteiger partial charge is 0.343 e. The number of nitrogens with one attached hydrogen (secondary N) is 2. The highest BCUT2D eigenvalue weighted by Gasteiger charge is 2.15. The highest BCUT2D eigenvalue weighted by atomic mass is 32.2. The van der Waals surface area contributed by atoms with Gasteiger partial charge in [-0.3, -0.25) is 9.36 Å². The Morgan fingerprint density at radius 2 is 2.12 bits per heavy atom. The SMILES string of the molecule is CCCn1c(SCC(=O)N[C@@H](C)c2ccc3c(c2)CCCC3)n[nH]c1=O. The maximum Gasteiger partial charge on any atom is 0.343 e. The second-order valence-electron chi connectivity index (χ2n) is 6.78. The number of thioether (sulfide) groups is 1. The molecule has 1 aromatic heterocycles. The highest BCUT2D eigenvalue weighted by Crippen LogP contribution is 2.25. The van der Waals surface area contributed by atoms with Gasteiger partial charge < -0.3 is 5.32 Å². The summed E-state index contributed by atoms with van der Waals surface area (Å²) in [7, 11) is 0. The Kier molecular flexibility index (Phi) is 6.19. The molecule has 1 atom stereocenters. The first kappa shape index (κ1) is 18.8. The molecular formula is C19H26N4O2S. The summed E-state index contributed by atoms with van der Waals surface area (Å²) in [5, 5.41) is 10.1. The van der Waals surface area contributed by atoms with Gasteiger partial charge in [0, 0.05) is 6.54 Å². The van der Waals surface area contributed by atoms with Gasteiger partial charge in [0.2, 0.25) is 5.91 Å². The molecule has 0 bridgehead atoms. The predicted octanol–water partition coefficient (Wildman–Crippen LogP) is 2.83. The van der Waals surface area contributed by atoms with Crippen LogP contribution in [0.4, 0.5) is 0 Å². The first-order valence-electron chi connectivity index (χ1n) is 9.27. The Bertz CT molecular complexity index is 827. The molecule has 6 nitrogen and oxygen atoms in total. The van der Waals surface area contributed by atoms with E-state index in [1.54, 1.807) is 4.57 Å². The number of benzene rings is 1. The number of carbonyl (C=O) groups is 1. The Morgan fingerprint density at radius 3 is 2.88 bits per heavy atom. The van der Waals surface area contributed by atoms with Crippen molar-refractivity contribution in [3.8, 4) is 0 Å². The summed E-state index contributed by atoms with van der Waals surface area (Å²) in [5.74, 6) is 0.183. The van der Waals surface area contributed by atoms with Crippen LogP contribution in [0.1, 0.15) is 55.8 Å². The maximum atomic E-state index is 12.3. The van der Waals surface area contributed by atoms with E-state index >= 15 is 0 Å². The monoisotopic (exact) mass is 374 g/mol. The molecule has 0 saturated carbocycles. The zero-order chi connectivity index (χ0) is 18.5. The standard InChI is InChI=1S/C19H26N4O2S/c1-3-10-23-18(25)21-22-19(23)26-12-17(24)20-13(2)15-9-8-14-6-4-5-7-16(14)11-15/h8-9,11,13H,3-7,10,12H2,1-2H3,(H,20,24)(H,21,25)/t13-/m0/s1. The van der Waals surface area contributed by atoms with E-state index in [0.29, 0.717) is 11.7 Å². The van der Waals surface area contributed by atoms with Crippen molar-refractivity contribution in [3.63, 3.8) is 0 Å². The number of nitrogens with zero attached hydrogens (tertiary/aromatic N) is 2. The molecular weight excluding hydrogens is 348 g/mol. The number of fused-ring (bicyclic) bond motifs is 1. The molecule has 0 unspecified atom stereocenters. The first-order chi connectivity index (χ1) is 12.6. The van der Waals surface area contributed by atoms with Crippen LogP contribution in [-0.2, 0) is 24.2 Å². The molecule has 1 amide bonds. The van der Waals surface area contributed by atoms with Crippen molar-refractivity contribution in [1.29, 1.82) is 0 Å². The minimum absolute atomic E-state index is 0.0349. The molecule has 0 radical (unpaired) electrons. The number of H-pyrrole nitrogens is 1. The van der Waals surface area contributed by atoms with Crippen LogP contribution in [0, 0.1) is 0 Å². The van der Waals surface area contributed by atoms with E-state index < -0.39 is 0 Å². The van der Waals surface area contributed by atoms with Crippen molar-refractivity contribution in [1.82, 2.24) is 20.1 Å². The zero-order valence-corrected chi connectivity index (χ0v) is 16.2. The van der Waals surface area contributed by atoms with Crippen molar-refractivity contribution in [2.45, 2.75) is 63.7 Å². The van der Waals surface area contributed by atoms with Gasteiger partial charge in [-0.25, -0.2) is 9.89 Å². The lowest BCUT2D eigenvalue weighted by molar-refractivity contribution is -0.119. The Labute approximate surface area is 157 Å². The number of aromatic nitrogens is 3. The van der Waals surface area contributed by atoms with Gasteiger partial charge in [0.25, 0.3) is 0 Å². The van der Waals surface area contributed by atoms with Crippen molar-refractivity contribution < 1.29 is 4.79 Å². The average Bonchev–Trinajstić information content (AvgIpc) is 3.00. The van der Waals surface area contributed by atoms with E-state index in [0.717, 1.165) is 24.8 Å². The zero-order valence-electron chi connectivity index (χ0n) is 15.4. The van der Waals surface area contributed by atoms with Crippen LogP contribution in [-0.4, -0.2) is 26.4 Å². The topological polar surface area (TPSA) is 79.8 Å². The van der Waals surface area contributed by atoms with Crippen LogP contribution in [0.15, 0.2) is 28.2 Å². The first-order valence-corrected chi connectivity index (χ1v) is 10.3. The van der Waals surface area contributed by atoms with E-state index in [9.17, 15) is 9.59 Å². The molecule has 3 rings (SSSR count). The summed E-state index contributed by atoms with van der Waals surface area (Å²) < 4.78 is 1.57. The number of hydrogen-bond donors (Lipinski definition) is 2. The molecule has 1 heterocycles. The second-order valence-corrected chi connectivity index (χ2v) is 7.72. The molecule has 1 aliphatic rings. The maximum absolute atomic E-state index is 12.3. The fourth-order valence-corrected chi connectivity index (χ4v) is 4.14. The summed E-state index contributed by atoms with van der Waals surface area (Å²) in [6, 6.07) is 6.52. The van der Waals surface area contributed by atoms with Gasteiger partial charge in [-0.1, -0.05) is 36.9 Å². The minimum atomic E-state index is -0.225. The summed E-state index contributed by atoms with van der Waals surface area (Å²) in [6.45, 7) is 4.61. The normalized spacial score (nSPS) is 14.7. The Morgan fingerprint density at radius 1 is 1.35 bits per heavy atom. The third-order valence-electron chi connectivity index (χ3n) is 4.75. The lowest BCUT2D eigenvalue weighted by Gasteiger charge is -2.20. The largest absolute Gasteiger partial charge is 0.349 e. The van der Waals surface area contributed by atoms with E-state index in [-0.39, 0.29) is 23.4 Å². The molecule has 0 aliphatic heterocycles. The minimum Gasteiger partial charge on any atom is -0.349 e. The fraction of sp³-hybridized carbons (Fsp3) is 0.526. The number of rotatable bonds is 7. The van der Waals surface area contributed by atoms with E-state index in [1.807, 2.05) is 13.8 Å². The molecule has 7 heteroatoms. The summed E-state index contributed by atoms with van der Waals surface area (Å²) in [4.78, 5) is 24.0. The number of amides is 1. The predicted molar refractivity (Wildman–Crippen MR) is 104 cm³/mol. The van der Waals surface area contributed by atoms with Crippen LogP contribution in [0.2, 0.25) is 0 Å². The molecule has 1 aromatic carbocycles. The van der Waals surface area contributed by atoms with Gasteiger partial charge in [0.1, 0.15) is 0 Å². The quantitative estimate of drug-likeness (QED) is 0.731. The molecule has 2 aromatic rings. The van der Waals surface area contributed by atoms with Crippen molar-refractivity contribution in [2.24, 2.45) is 0 Å². The van der Waals surface area contributed by atoms with Gasteiger partial charge in [-0.05, 0) is 55.7 Å². The number of aryl methyl sites for hydroxylation is 2. The van der Waals surface area contributed by atoms with Gasteiger partial charge >= 0.3 is 5.69 Å². The average molecular weight is 375 g/mol. The molecule has 1 aliphatic carbocycles. The third kappa shape index (κ3) is 4.38. The van der Waals surface area contributed by atoms with Gasteiger partial charge in [-0.15, -0.1) is 5.10 Å². The van der Waals surface area contributed by atoms with E-state index in [4.69, 9.17) is 0 Å². The van der Waals surface area contributed by atoms with Gasteiger partial charge in [0.05, 0.1) is 11.8 Å². The molecule has 0 spiro atoms. The van der Waals surface area contributed by atoms with Crippen LogP contribution < -0.4 is 11.0 Å². The third-order valence-corrected chi connectivity index (χ3v) is 5.73. The summed E-state index contributed by atoms with van der Waals surface area (Å²) in [5.41, 5.74) is 3.79. The Balaban J connectivity index is 1.57. The van der Waals surface area contributed by atoms with E-state index in [1.165, 1.54) is 35.7 Å². The lowest BCUT2D eigenvalue weighted by Crippen LogP contribution is -2.28. The Hall–Kier alpha value is -2.02. The molecule has 0 fully saturated rings. The van der Waals surface area contributed by atoms with Crippen LogP contribution >= 0.6 is 11.8 Å². The summed E-state index contributed by atoms with van der Waals surface area (Å²) in [6.07, 6.45) is 5.65. The van der Waals surface area contributed by atoms with Crippen molar-refractivity contribution in [2.75, 3.05) is 5.75 Å². The van der Waals surface area contributed by atoms with Crippen LogP contribution in [0.3, 0.4) is 0 Å². The number of hydrogen-bond acceptors (Lipinski definition) is 4.